The highest BCUT2D eigenvalue weighted by molar-refractivity contribution is 9.10. The predicted molar refractivity (Wildman–Crippen MR) is 81.6 cm³/mol. The van der Waals surface area contributed by atoms with E-state index in [2.05, 4.69) is 41.6 Å². The molecule has 2 aromatic rings. The van der Waals surface area contributed by atoms with Gasteiger partial charge in [0.2, 0.25) is 0 Å². The van der Waals surface area contributed by atoms with E-state index in [-0.39, 0.29) is 4.90 Å². The SMILES string of the molecule is Cc1nc(NS(=O)(=O)c2cccc(Br)c2)ccc1Br. The van der Waals surface area contributed by atoms with Crippen molar-refractivity contribution in [2.45, 2.75) is 11.8 Å². The number of pyridine rings is 1. The van der Waals surface area contributed by atoms with E-state index < -0.39 is 10.0 Å². The number of benzene rings is 1. The first-order chi connectivity index (χ1) is 8.88. The highest BCUT2D eigenvalue weighted by Gasteiger charge is 2.15. The third-order valence-corrected chi connectivity index (χ3v) is 5.05. The van der Waals surface area contributed by atoms with Crippen LogP contribution in [0.4, 0.5) is 5.82 Å². The van der Waals surface area contributed by atoms with Crippen LogP contribution in [0.3, 0.4) is 0 Å². The van der Waals surface area contributed by atoms with Gasteiger partial charge in [0.05, 0.1) is 10.6 Å². The molecule has 0 aliphatic heterocycles. The zero-order valence-corrected chi connectivity index (χ0v) is 13.9. The summed E-state index contributed by atoms with van der Waals surface area (Å²) >= 11 is 6.56. The Hall–Kier alpha value is -0.920. The molecule has 0 radical (unpaired) electrons. The van der Waals surface area contributed by atoms with Gasteiger partial charge in [-0.25, -0.2) is 13.4 Å². The van der Waals surface area contributed by atoms with Crippen molar-refractivity contribution in [2.75, 3.05) is 4.72 Å². The molecule has 0 saturated heterocycles. The molecule has 1 N–H and O–H groups in total. The molecule has 0 amide bonds. The Balaban J connectivity index is 2.33. The number of nitrogens with zero attached hydrogens (tertiary/aromatic N) is 1. The average molecular weight is 406 g/mol. The van der Waals surface area contributed by atoms with Gasteiger partial charge in [-0.1, -0.05) is 22.0 Å². The zero-order chi connectivity index (χ0) is 14.0. The van der Waals surface area contributed by atoms with Crippen LogP contribution in [-0.4, -0.2) is 13.4 Å². The molecule has 0 spiro atoms. The molecule has 0 saturated carbocycles. The van der Waals surface area contributed by atoms with Gasteiger partial charge < -0.3 is 0 Å². The Labute approximate surface area is 128 Å². The van der Waals surface area contributed by atoms with Crippen molar-refractivity contribution in [3.63, 3.8) is 0 Å². The summed E-state index contributed by atoms with van der Waals surface area (Å²) in [7, 11) is -3.62. The number of nitrogens with one attached hydrogen (secondary N) is 1. The fourth-order valence-corrected chi connectivity index (χ4v) is 3.25. The molecule has 1 heterocycles. The van der Waals surface area contributed by atoms with Crippen molar-refractivity contribution in [2.24, 2.45) is 0 Å². The average Bonchev–Trinajstić information content (AvgIpc) is 2.33. The summed E-state index contributed by atoms with van der Waals surface area (Å²) in [5, 5.41) is 0. The van der Waals surface area contributed by atoms with Gasteiger partial charge in [-0.2, -0.15) is 0 Å². The maximum Gasteiger partial charge on any atom is 0.263 e. The van der Waals surface area contributed by atoms with E-state index in [9.17, 15) is 8.42 Å². The summed E-state index contributed by atoms with van der Waals surface area (Å²) in [5.74, 6) is 0.292. The largest absolute Gasteiger partial charge is 0.263 e. The smallest absolute Gasteiger partial charge is 0.263 e. The van der Waals surface area contributed by atoms with Gasteiger partial charge in [0.15, 0.2) is 0 Å². The van der Waals surface area contributed by atoms with E-state index >= 15 is 0 Å². The van der Waals surface area contributed by atoms with Crippen molar-refractivity contribution in [1.82, 2.24) is 4.98 Å². The summed E-state index contributed by atoms with van der Waals surface area (Å²) in [4.78, 5) is 4.34. The normalized spacial score (nSPS) is 11.3. The van der Waals surface area contributed by atoms with E-state index in [0.29, 0.717) is 10.3 Å². The minimum absolute atomic E-state index is 0.184. The van der Waals surface area contributed by atoms with Gasteiger partial charge in [-0.15, -0.1) is 0 Å². The van der Waals surface area contributed by atoms with Crippen molar-refractivity contribution >= 4 is 47.7 Å². The molecule has 0 atom stereocenters. The standard InChI is InChI=1S/C12H10Br2N2O2S/c1-8-11(14)5-6-12(15-8)16-19(17,18)10-4-2-3-9(13)7-10/h2-7H,1H3,(H,15,16). The molecule has 2 rings (SSSR count). The van der Waals surface area contributed by atoms with Crippen LogP contribution in [0.25, 0.3) is 0 Å². The second-order valence-electron chi connectivity index (χ2n) is 3.83. The van der Waals surface area contributed by atoms with Crippen molar-refractivity contribution in [3.05, 3.63) is 51.0 Å². The Bertz CT molecular complexity index is 717. The first-order valence-electron chi connectivity index (χ1n) is 5.30. The van der Waals surface area contributed by atoms with Gasteiger partial charge in [-0.05, 0) is 53.2 Å². The number of hydrogen-bond donors (Lipinski definition) is 1. The molecule has 0 aliphatic rings. The lowest BCUT2D eigenvalue weighted by molar-refractivity contribution is 0.601. The van der Waals surface area contributed by atoms with Gasteiger partial charge in [0.1, 0.15) is 5.82 Å². The number of hydrogen-bond acceptors (Lipinski definition) is 3. The highest BCUT2D eigenvalue weighted by atomic mass is 79.9. The van der Waals surface area contributed by atoms with Crippen LogP contribution >= 0.6 is 31.9 Å². The zero-order valence-electron chi connectivity index (χ0n) is 9.89. The first-order valence-corrected chi connectivity index (χ1v) is 8.37. The van der Waals surface area contributed by atoms with E-state index in [1.54, 1.807) is 31.2 Å². The Morgan fingerprint density at radius 2 is 1.89 bits per heavy atom. The fraction of sp³-hybridized carbons (Fsp3) is 0.0833. The number of sulfonamides is 1. The molecule has 100 valence electrons. The number of aryl methyl sites for hydroxylation is 1. The molecule has 7 heteroatoms. The molecular weight excluding hydrogens is 396 g/mol. The summed E-state index contributed by atoms with van der Waals surface area (Å²) < 4.78 is 28.3. The molecule has 19 heavy (non-hydrogen) atoms. The summed E-state index contributed by atoms with van der Waals surface area (Å²) in [5.41, 5.74) is 0.717. The monoisotopic (exact) mass is 404 g/mol. The number of halogens is 2. The van der Waals surface area contributed by atoms with Crippen molar-refractivity contribution in [1.29, 1.82) is 0 Å². The van der Waals surface area contributed by atoms with Crippen LogP contribution in [0.15, 0.2) is 50.2 Å². The second-order valence-corrected chi connectivity index (χ2v) is 7.28. The lowest BCUT2D eigenvalue weighted by atomic mass is 10.4. The molecule has 0 fully saturated rings. The number of aromatic nitrogens is 1. The van der Waals surface area contributed by atoms with Gasteiger partial charge >= 0.3 is 0 Å². The third kappa shape index (κ3) is 3.55. The van der Waals surface area contributed by atoms with Crippen LogP contribution in [0, 0.1) is 6.92 Å². The van der Waals surface area contributed by atoms with Crippen LogP contribution in [0.5, 0.6) is 0 Å². The van der Waals surface area contributed by atoms with Crippen LogP contribution in [0.1, 0.15) is 5.69 Å². The third-order valence-electron chi connectivity index (χ3n) is 2.37. The molecular formula is C12H10Br2N2O2S. The maximum absolute atomic E-state index is 12.2. The topological polar surface area (TPSA) is 59.1 Å². The Morgan fingerprint density at radius 1 is 1.16 bits per heavy atom. The minimum Gasteiger partial charge on any atom is -0.263 e. The quantitative estimate of drug-likeness (QED) is 0.846. The van der Waals surface area contributed by atoms with Gasteiger partial charge in [0, 0.05) is 8.95 Å². The van der Waals surface area contributed by atoms with Crippen molar-refractivity contribution < 1.29 is 8.42 Å². The van der Waals surface area contributed by atoms with Crippen molar-refractivity contribution in [3.8, 4) is 0 Å². The maximum atomic E-state index is 12.2. The highest BCUT2D eigenvalue weighted by Crippen LogP contribution is 2.21. The number of rotatable bonds is 3. The van der Waals surface area contributed by atoms with Crippen LogP contribution in [-0.2, 0) is 10.0 Å². The van der Waals surface area contributed by atoms with Crippen LogP contribution < -0.4 is 4.72 Å². The van der Waals surface area contributed by atoms with E-state index in [1.807, 2.05) is 0 Å². The summed E-state index contributed by atoms with van der Waals surface area (Å²) in [6.07, 6.45) is 0. The Kier molecular flexibility index (Phi) is 4.27. The lowest BCUT2D eigenvalue weighted by Crippen LogP contribution is -2.14. The van der Waals surface area contributed by atoms with Gasteiger partial charge in [-0.3, -0.25) is 4.72 Å². The molecule has 1 aromatic carbocycles. The van der Waals surface area contributed by atoms with Gasteiger partial charge in [0.25, 0.3) is 10.0 Å². The molecule has 0 aliphatic carbocycles. The van der Waals surface area contributed by atoms with E-state index in [4.69, 9.17) is 0 Å². The summed E-state index contributed by atoms with van der Waals surface area (Å²) in [6.45, 7) is 1.79. The fourth-order valence-electron chi connectivity index (χ4n) is 1.43. The minimum atomic E-state index is -3.62. The Morgan fingerprint density at radius 3 is 2.53 bits per heavy atom. The number of anilines is 1. The predicted octanol–water partition coefficient (Wildman–Crippen LogP) is 3.72. The first kappa shape index (κ1) is 14.5. The summed E-state index contributed by atoms with van der Waals surface area (Å²) in [6, 6.07) is 9.85. The lowest BCUT2D eigenvalue weighted by Gasteiger charge is -2.08. The molecule has 0 unspecified atom stereocenters. The van der Waals surface area contributed by atoms with E-state index in [1.165, 1.54) is 12.1 Å². The molecule has 0 bridgehead atoms. The van der Waals surface area contributed by atoms with Crippen LogP contribution in [0.2, 0.25) is 0 Å². The molecule has 4 nitrogen and oxygen atoms in total. The second kappa shape index (κ2) is 5.60. The van der Waals surface area contributed by atoms with E-state index in [0.717, 1.165) is 10.2 Å². The molecule has 1 aromatic heterocycles.